The van der Waals surface area contributed by atoms with Gasteiger partial charge in [0.2, 0.25) is 0 Å². The first-order valence-corrected chi connectivity index (χ1v) is 8.74. The lowest BCUT2D eigenvalue weighted by Crippen LogP contribution is -2.02. The van der Waals surface area contributed by atoms with E-state index in [9.17, 15) is 0 Å². The molecule has 2 nitrogen and oxygen atoms in total. The number of fused-ring (bicyclic) bond motifs is 1. The second-order valence-electron chi connectivity index (χ2n) is 6.31. The number of hydrogen-bond donors (Lipinski definition) is 0. The molecule has 0 atom stereocenters. The molecule has 0 spiro atoms. The van der Waals surface area contributed by atoms with Crippen LogP contribution in [0.5, 0.6) is 0 Å². The minimum absolute atomic E-state index is 0.888. The van der Waals surface area contributed by atoms with E-state index in [1.54, 1.807) is 0 Å². The van der Waals surface area contributed by atoms with Crippen LogP contribution in [0.25, 0.3) is 0 Å². The SMILES string of the molecule is C(=N/N=C(c1ccccc1)c1ccccc1)/c1ccc2c(c1)CCC2. The summed E-state index contributed by atoms with van der Waals surface area (Å²) < 4.78 is 0. The molecule has 0 unspecified atom stereocenters. The molecular formula is C23H20N2. The van der Waals surface area contributed by atoms with Gasteiger partial charge >= 0.3 is 0 Å². The molecule has 2 heteroatoms. The molecule has 0 bridgehead atoms. The van der Waals surface area contributed by atoms with Crippen molar-refractivity contribution in [2.45, 2.75) is 19.3 Å². The van der Waals surface area contributed by atoms with Gasteiger partial charge in [0, 0.05) is 11.1 Å². The van der Waals surface area contributed by atoms with Gasteiger partial charge in [-0.3, -0.25) is 0 Å². The van der Waals surface area contributed by atoms with E-state index in [0.717, 1.165) is 22.4 Å². The van der Waals surface area contributed by atoms with E-state index in [-0.39, 0.29) is 0 Å². The molecule has 122 valence electrons. The van der Waals surface area contributed by atoms with E-state index in [4.69, 9.17) is 0 Å². The zero-order valence-electron chi connectivity index (χ0n) is 14.1. The minimum Gasteiger partial charge on any atom is -0.158 e. The average molecular weight is 324 g/mol. The van der Waals surface area contributed by atoms with Crippen LogP contribution in [0.15, 0.2) is 89.1 Å². The molecule has 0 aromatic heterocycles. The van der Waals surface area contributed by atoms with E-state index in [1.807, 2.05) is 42.6 Å². The van der Waals surface area contributed by atoms with Gasteiger partial charge in [-0.15, -0.1) is 5.10 Å². The summed E-state index contributed by atoms with van der Waals surface area (Å²) in [6, 6.07) is 27.0. The first-order chi connectivity index (χ1) is 12.4. The summed E-state index contributed by atoms with van der Waals surface area (Å²) >= 11 is 0. The Bertz CT molecular complexity index is 868. The van der Waals surface area contributed by atoms with Gasteiger partial charge in [-0.1, -0.05) is 72.8 Å². The maximum Gasteiger partial charge on any atom is 0.100 e. The predicted octanol–water partition coefficient (Wildman–Crippen LogP) is 5.05. The van der Waals surface area contributed by atoms with Crippen molar-refractivity contribution < 1.29 is 0 Å². The van der Waals surface area contributed by atoms with Gasteiger partial charge in [-0.05, 0) is 42.0 Å². The second kappa shape index (κ2) is 7.27. The lowest BCUT2D eigenvalue weighted by atomic mass is 10.0. The molecule has 1 aliphatic carbocycles. The smallest absolute Gasteiger partial charge is 0.100 e. The first kappa shape index (κ1) is 15.5. The van der Waals surface area contributed by atoms with Gasteiger partial charge in [0.05, 0.1) is 6.21 Å². The summed E-state index contributed by atoms with van der Waals surface area (Å²) in [6.07, 6.45) is 5.50. The van der Waals surface area contributed by atoms with Crippen molar-refractivity contribution in [1.29, 1.82) is 0 Å². The summed E-state index contributed by atoms with van der Waals surface area (Å²) in [5.74, 6) is 0. The van der Waals surface area contributed by atoms with Crippen molar-refractivity contribution in [3.8, 4) is 0 Å². The van der Waals surface area contributed by atoms with Gasteiger partial charge in [-0.2, -0.15) is 5.10 Å². The van der Waals surface area contributed by atoms with Crippen molar-refractivity contribution >= 4 is 11.9 Å². The molecule has 0 aliphatic heterocycles. The molecule has 0 fully saturated rings. The maximum atomic E-state index is 4.54. The molecule has 1 aliphatic rings. The van der Waals surface area contributed by atoms with Crippen molar-refractivity contribution in [1.82, 2.24) is 0 Å². The lowest BCUT2D eigenvalue weighted by Gasteiger charge is -2.05. The van der Waals surface area contributed by atoms with Crippen LogP contribution in [-0.2, 0) is 12.8 Å². The second-order valence-corrected chi connectivity index (χ2v) is 6.31. The van der Waals surface area contributed by atoms with E-state index in [0.29, 0.717) is 0 Å². The maximum absolute atomic E-state index is 4.54. The van der Waals surface area contributed by atoms with Crippen molar-refractivity contribution in [2.75, 3.05) is 0 Å². The van der Waals surface area contributed by atoms with Crippen LogP contribution in [0, 0.1) is 0 Å². The molecule has 3 aromatic rings. The van der Waals surface area contributed by atoms with Crippen molar-refractivity contribution in [2.24, 2.45) is 10.2 Å². The summed E-state index contributed by atoms with van der Waals surface area (Å²) in [5.41, 5.74) is 7.08. The minimum atomic E-state index is 0.888. The fourth-order valence-corrected chi connectivity index (χ4v) is 3.30. The Morgan fingerprint density at radius 1 is 0.720 bits per heavy atom. The Kier molecular flexibility index (Phi) is 4.51. The van der Waals surface area contributed by atoms with Gasteiger partial charge < -0.3 is 0 Å². The van der Waals surface area contributed by atoms with Crippen LogP contribution in [-0.4, -0.2) is 11.9 Å². The Hall–Kier alpha value is -3.00. The summed E-state index contributed by atoms with van der Waals surface area (Å²) in [4.78, 5) is 0. The predicted molar refractivity (Wildman–Crippen MR) is 105 cm³/mol. The van der Waals surface area contributed by atoms with Gasteiger partial charge in [0.1, 0.15) is 5.71 Å². The van der Waals surface area contributed by atoms with Crippen LogP contribution >= 0.6 is 0 Å². The fourth-order valence-electron chi connectivity index (χ4n) is 3.30. The number of benzene rings is 3. The Morgan fingerprint density at radius 2 is 1.36 bits per heavy atom. The first-order valence-electron chi connectivity index (χ1n) is 8.74. The Labute approximate surface area is 148 Å². The van der Waals surface area contributed by atoms with Gasteiger partial charge in [0.15, 0.2) is 0 Å². The zero-order chi connectivity index (χ0) is 16.9. The quantitative estimate of drug-likeness (QED) is 0.474. The van der Waals surface area contributed by atoms with Crippen LogP contribution in [0.3, 0.4) is 0 Å². The third kappa shape index (κ3) is 3.58. The van der Waals surface area contributed by atoms with E-state index >= 15 is 0 Å². The third-order valence-electron chi connectivity index (χ3n) is 4.58. The Morgan fingerprint density at radius 3 is 2.04 bits per heavy atom. The highest BCUT2D eigenvalue weighted by Gasteiger charge is 2.10. The molecule has 0 amide bonds. The van der Waals surface area contributed by atoms with Gasteiger partial charge in [0.25, 0.3) is 0 Å². The van der Waals surface area contributed by atoms with Gasteiger partial charge in [-0.25, -0.2) is 0 Å². The molecule has 0 heterocycles. The van der Waals surface area contributed by atoms with Crippen LogP contribution in [0.2, 0.25) is 0 Å². The third-order valence-corrected chi connectivity index (χ3v) is 4.58. The molecule has 0 saturated heterocycles. The highest BCUT2D eigenvalue weighted by atomic mass is 15.2. The number of aryl methyl sites for hydroxylation is 2. The molecule has 25 heavy (non-hydrogen) atoms. The largest absolute Gasteiger partial charge is 0.158 e. The van der Waals surface area contributed by atoms with Crippen LogP contribution in [0.1, 0.15) is 34.2 Å². The van der Waals surface area contributed by atoms with Crippen molar-refractivity contribution in [3.63, 3.8) is 0 Å². The molecule has 0 N–H and O–H groups in total. The standard InChI is InChI=1S/C23H20N2/c1-3-8-20(9-4-1)23(21-10-5-2-6-11-21)25-24-17-18-14-15-19-12-7-13-22(19)16-18/h1-6,8-11,14-17H,7,12-13H2/b24-17-. The average Bonchev–Trinajstić information content (AvgIpc) is 3.14. The lowest BCUT2D eigenvalue weighted by molar-refractivity contribution is 0.912. The monoisotopic (exact) mass is 324 g/mol. The van der Waals surface area contributed by atoms with Crippen LogP contribution < -0.4 is 0 Å². The highest BCUT2D eigenvalue weighted by Crippen LogP contribution is 2.22. The van der Waals surface area contributed by atoms with Crippen LogP contribution in [0.4, 0.5) is 0 Å². The zero-order valence-corrected chi connectivity index (χ0v) is 14.1. The van der Waals surface area contributed by atoms with E-state index < -0.39 is 0 Å². The molecular weight excluding hydrogens is 304 g/mol. The molecule has 3 aromatic carbocycles. The summed E-state index contributed by atoms with van der Waals surface area (Å²) in [7, 11) is 0. The highest BCUT2D eigenvalue weighted by molar-refractivity contribution is 6.12. The van der Waals surface area contributed by atoms with E-state index in [1.165, 1.54) is 30.4 Å². The normalized spacial score (nSPS) is 13.0. The Balaban J connectivity index is 1.65. The number of nitrogens with zero attached hydrogens (tertiary/aromatic N) is 2. The topological polar surface area (TPSA) is 24.7 Å². The number of rotatable bonds is 4. The molecule has 4 rings (SSSR count). The fraction of sp³-hybridized carbons (Fsp3) is 0.130. The number of hydrogen-bond acceptors (Lipinski definition) is 2. The summed E-state index contributed by atoms with van der Waals surface area (Å²) in [5, 5.41) is 8.92. The van der Waals surface area contributed by atoms with Crippen molar-refractivity contribution in [3.05, 3.63) is 107 Å². The van der Waals surface area contributed by atoms with E-state index in [2.05, 4.69) is 52.7 Å². The molecule has 0 radical (unpaired) electrons. The summed E-state index contributed by atoms with van der Waals surface area (Å²) in [6.45, 7) is 0. The molecule has 0 saturated carbocycles.